The number of fused-ring (bicyclic) bond motifs is 1. The Kier molecular flexibility index (Phi) is 2.68. The van der Waals surface area contributed by atoms with Crippen molar-refractivity contribution < 1.29 is 14.2 Å². The lowest BCUT2D eigenvalue weighted by Gasteiger charge is -2.10. The molecule has 0 spiro atoms. The third kappa shape index (κ3) is 2.04. The van der Waals surface area contributed by atoms with Crippen LogP contribution in [0.15, 0.2) is 29.1 Å². The van der Waals surface area contributed by atoms with Gasteiger partial charge in [-0.05, 0) is 18.2 Å². The number of pyridine rings is 1. The molecule has 1 atom stereocenters. The van der Waals surface area contributed by atoms with E-state index in [1.807, 2.05) is 6.07 Å². The highest BCUT2D eigenvalue weighted by Gasteiger charge is 2.23. The summed E-state index contributed by atoms with van der Waals surface area (Å²) in [6, 6.07) is 6.82. The minimum absolute atomic E-state index is 0.163. The van der Waals surface area contributed by atoms with Crippen LogP contribution in [0, 0.1) is 0 Å². The van der Waals surface area contributed by atoms with Crippen LogP contribution in [0.3, 0.4) is 0 Å². The molecule has 1 unspecified atom stereocenters. The van der Waals surface area contributed by atoms with Gasteiger partial charge < -0.3 is 19.2 Å². The van der Waals surface area contributed by atoms with Crippen molar-refractivity contribution in [1.82, 2.24) is 4.98 Å². The first-order valence-electron chi connectivity index (χ1n) is 5.72. The first kappa shape index (κ1) is 11.1. The maximum atomic E-state index is 11.4. The van der Waals surface area contributed by atoms with E-state index >= 15 is 0 Å². The SMILES string of the molecule is COc1ccc(OCC2CO2)c2ccc(=O)[nH]c12. The van der Waals surface area contributed by atoms with E-state index in [1.165, 1.54) is 6.07 Å². The van der Waals surface area contributed by atoms with Gasteiger partial charge in [0.05, 0.1) is 19.2 Å². The number of ether oxygens (including phenoxy) is 3. The molecule has 1 aromatic heterocycles. The van der Waals surface area contributed by atoms with E-state index in [0.29, 0.717) is 17.9 Å². The van der Waals surface area contributed by atoms with E-state index in [9.17, 15) is 4.79 Å². The molecule has 1 saturated heterocycles. The second-order valence-electron chi connectivity index (χ2n) is 4.14. The van der Waals surface area contributed by atoms with Crippen LogP contribution in [-0.2, 0) is 4.74 Å². The molecule has 1 aliphatic rings. The molecule has 5 heteroatoms. The number of epoxide rings is 1. The van der Waals surface area contributed by atoms with E-state index in [4.69, 9.17) is 14.2 Å². The lowest BCUT2D eigenvalue weighted by molar-refractivity contribution is 0.265. The zero-order chi connectivity index (χ0) is 12.5. The lowest BCUT2D eigenvalue weighted by Crippen LogP contribution is -2.07. The Morgan fingerprint density at radius 2 is 2.11 bits per heavy atom. The summed E-state index contributed by atoms with van der Waals surface area (Å²) < 4.78 is 16.0. The molecule has 1 aliphatic heterocycles. The van der Waals surface area contributed by atoms with E-state index in [2.05, 4.69) is 4.98 Å². The summed E-state index contributed by atoms with van der Waals surface area (Å²) in [6.07, 6.45) is 0.199. The third-order valence-electron chi connectivity index (χ3n) is 2.86. The quantitative estimate of drug-likeness (QED) is 0.827. The number of hydrogen-bond donors (Lipinski definition) is 1. The predicted octanol–water partition coefficient (Wildman–Crippen LogP) is 1.31. The number of rotatable bonds is 4. The fraction of sp³-hybridized carbons (Fsp3) is 0.308. The molecular formula is C13H13NO4. The number of aromatic nitrogens is 1. The van der Waals surface area contributed by atoms with Crippen molar-refractivity contribution in [1.29, 1.82) is 0 Å². The first-order valence-corrected chi connectivity index (χ1v) is 5.72. The largest absolute Gasteiger partial charge is 0.495 e. The van der Waals surface area contributed by atoms with Crippen molar-refractivity contribution in [2.24, 2.45) is 0 Å². The molecular weight excluding hydrogens is 234 g/mol. The summed E-state index contributed by atoms with van der Waals surface area (Å²) in [5, 5.41) is 0.828. The van der Waals surface area contributed by atoms with Crippen LogP contribution >= 0.6 is 0 Å². The second kappa shape index (κ2) is 4.34. The van der Waals surface area contributed by atoms with Crippen LogP contribution < -0.4 is 15.0 Å². The molecule has 0 bridgehead atoms. The summed E-state index contributed by atoms with van der Waals surface area (Å²) in [6.45, 7) is 1.28. The Morgan fingerprint density at radius 1 is 1.33 bits per heavy atom. The molecule has 2 aromatic rings. The monoisotopic (exact) mass is 247 g/mol. The molecule has 0 radical (unpaired) electrons. The maximum Gasteiger partial charge on any atom is 0.248 e. The Bertz CT molecular complexity index is 630. The third-order valence-corrected chi connectivity index (χ3v) is 2.86. The average Bonchev–Trinajstić information content (AvgIpc) is 3.19. The number of H-pyrrole nitrogens is 1. The first-order chi connectivity index (χ1) is 8.78. The predicted molar refractivity (Wildman–Crippen MR) is 66.4 cm³/mol. The highest BCUT2D eigenvalue weighted by molar-refractivity contribution is 5.89. The number of methoxy groups -OCH3 is 1. The van der Waals surface area contributed by atoms with Crippen LogP contribution in [0.1, 0.15) is 0 Å². The van der Waals surface area contributed by atoms with Crippen molar-refractivity contribution in [2.45, 2.75) is 6.10 Å². The van der Waals surface area contributed by atoms with Crippen molar-refractivity contribution in [3.8, 4) is 11.5 Å². The summed E-state index contributed by atoms with van der Waals surface area (Å²) >= 11 is 0. The normalized spacial score (nSPS) is 17.7. The zero-order valence-electron chi connectivity index (χ0n) is 9.93. The number of benzene rings is 1. The summed E-state index contributed by atoms with van der Waals surface area (Å²) in [4.78, 5) is 14.1. The minimum Gasteiger partial charge on any atom is -0.495 e. The number of hydrogen-bond acceptors (Lipinski definition) is 4. The molecule has 2 heterocycles. The van der Waals surface area contributed by atoms with Crippen LogP contribution in [0.4, 0.5) is 0 Å². The topological polar surface area (TPSA) is 63.9 Å². The molecule has 0 amide bonds. The zero-order valence-corrected chi connectivity index (χ0v) is 9.93. The van der Waals surface area contributed by atoms with E-state index < -0.39 is 0 Å². The molecule has 18 heavy (non-hydrogen) atoms. The number of nitrogens with one attached hydrogen (secondary N) is 1. The van der Waals surface area contributed by atoms with Crippen molar-refractivity contribution in [3.05, 3.63) is 34.6 Å². The fourth-order valence-corrected chi connectivity index (χ4v) is 1.84. The van der Waals surface area contributed by atoms with E-state index in [-0.39, 0.29) is 11.7 Å². The standard InChI is InChI=1S/C13H13NO4/c1-16-11-4-3-10(18-7-8-6-17-8)9-2-5-12(15)14-13(9)11/h2-5,8H,6-7H2,1H3,(H,14,15). The Labute approximate surface area is 103 Å². The highest BCUT2D eigenvalue weighted by atomic mass is 16.6. The van der Waals surface area contributed by atoms with Gasteiger partial charge in [0.2, 0.25) is 5.56 Å². The van der Waals surface area contributed by atoms with Gasteiger partial charge in [-0.3, -0.25) is 4.79 Å². The Hall–Kier alpha value is -2.01. The van der Waals surface area contributed by atoms with Gasteiger partial charge in [-0.2, -0.15) is 0 Å². The van der Waals surface area contributed by atoms with Gasteiger partial charge in [0.1, 0.15) is 24.2 Å². The van der Waals surface area contributed by atoms with Gasteiger partial charge in [0, 0.05) is 11.5 Å². The number of aromatic amines is 1. The molecule has 0 aliphatic carbocycles. The van der Waals surface area contributed by atoms with Gasteiger partial charge in [0.25, 0.3) is 0 Å². The maximum absolute atomic E-state index is 11.4. The lowest BCUT2D eigenvalue weighted by atomic mass is 10.2. The van der Waals surface area contributed by atoms with E-state index in [0.717, 1.165) is 17.7 Å². The van der Waals surface area contributed by atoms with Crippen molar-refractivity contribution in [3.63, 3.8) is 0 Å². The second-order valence-corrected chi connectivity index (χ2v) is 4.14. The Morgan fingerprint density at radius 3 is 2.83 bits per heavy atom. The average molecular weight is 247 g/mol. The van der Waals surface area contributed by atoms with Gasteiger partial charge in [-0.25, -0.2) is 0 Å². The summed E-state index contributed by atoms with van der Waals surface area (Å²) in [5.74, 6) is 1.34. The fourth-order valence-electron chi connectivity index (χ4n) is 1.84. The molecule has 3 rings (SSSR count). The molecule has 1 N–H and O–H groups in total. The van der Waals surface area contributed by atoms with Gasteiger partial charge in [-0.15, -0.1) is 0 Å². The molecule has 5 nitrogen and oxygen atoms in total. The van der Waals surface area contributed by atoms with Crippen LogP contribution in [0.5, 0.6) is 11.5 Å². The van der Waals surface area contributed by atoms with Crippen LogP contribution in [-0.4, -0.2) is 31.4 Å². The smallest absolute Gasteiger partial charge is 0.248 e. The van der Waals surface area contributed by atoms with Gasteiger partial charge in [-0.1, -0.05) is 0 Å². The van der Waals surface area contributed by atoms with Crippen LogP contribution in [0.25, 0.3) is 10.9 Å². The highest BCUT2D eigenvalue weighted by Crippen LogP contribution is 2.31. The van der Waals surface area contributed by atoms with E-state index in [1.54, 1.807) is 19.2 Å². The Balaban J connectivity index is 2.05. The van der Waals surface area contributed by atoms with Crippen molar-refractivity contribution in [2.75, 3.05) is 20.3 Å². The molecule has 0 saturated carbocycles. The summed E-state index contributed by atoms with van der Waals surface area (Å²) in [7, 11) is 1.57. The van der Waals surface area contributed by atoms with Crippen molar-refractivity contribution >= 4 is 10.9 Å². The van der Waals surface area contributed by atoms with Gasteiger partial charge in [0.15, 0.2) is 0 Å². The molecule has 94 valence electrons. The summed E-state index contributed by atoms with van der Waals surface area (Å²) in [5.41, 5.74) is 0.489. The van der Waals surface area contributed by atoms with Gasteiger partial charge >= 0.3 is 0 Å². The minimum atomic E-state index is -0.163. The molecule has 1 fully saturated rings. The molecule has 1 aromatic carbocycles. The van der Waals surface area contributed by atoms with Crippen LogP contribution in [0.2, 0.25) is 0 Å².